The Morgan fingerprint density at radius 2 is 2.47 bits per heavy atom. The fraction of sp³-hybridized carbons (Fsp3) is 0.750. The molecular weight excluding hydrogens is 192 g/mol. The average Bonchev–Trinajstić information content (AvgIpc) is 2.54. The highest BCUT2D eigenvalue weighted by Crippen LogP contribution is 2.58. The average molecular weight is 210 g/mol. The molecule has 0 amide bonds. The smallest absolute Gasteiger partial charge is 0.330 e. The summed E-state index contributed by atoms with van der Waals surface area (Å²) in [7, 11) is 0. The van der Waals surface area contributed by atoms with E-state index in [1.165, 1.54) is 5.57 Å². The van der Waals surface area contributed by atoms with Crippen LogP contribution >= 0.6 is 0 Å². The molecule has 1 aliphatic heterocycles. The predicted octanol–water partition coefficient (Wildman–Crippen LogP) is 1.78. The second kappa shape index (κ2) is 3.63. The second-order valence-electron chi connectivity index (χ2n) is 4.69. The Morgan fingerprint density at radius 1 is 1.73 bits per heavy atom. The highest BCUT2D eigenvalue weighted by molar-refractivity contribution is 5.83. The van der Waals surface area contributed by atoms with E-state index in [2.05, 4.69) is 13.8 Å². The van der Waals surface area contributed by atoms with Crippen LogP contribution in [0.4, 0.5) is 0 Å². The van der Waals surface area contributed by atoms with Gasteiger partial charge in [0.15, 0.2) is 0 Å². The van der Waals surface area contributed by atoms with E-state index < -0.39 is 0 Å². The molecule has 0 aromatic rings. The molecule has 2 aliphatic rings. The fourth-order valence-electron chi connectivity index (χ4n) is 2.72. The van der Waals surface area contributed by atoms with Gasteiger partial charge in [-0.2, -0.15) is 0 Å². The van der Waals surface area contributed by atoms with Crippen LogP contribution in [0.25, 0.3) is 0 Å². The van der Waals surface area contributed by atoms with E-state index in [0.717, 1.165) is 13.2 Å². The van der Waals surface area contributed by atoms with Crippen molar-refractivity contribution in [1.29, 1.82) is 0 Å². The minimum absolute atomic E-state index is 0.215. The topological polar surface area (TPSA) is 35.5 Å². The maximum atomic E-state index is 11.3. The Morgan fingerprint density at radius 3 is 3.13 bits per heavy atom. The van der Waals surface area contributed by atoms with E-state index in [1.54, 1.807) is 6.08 Å². The molecule has 3 heteroatoms. The number of rotatable bonds is 2. The van der Waals surface area contributed by atoms with Gasteiger partial charge in [-0.15, -0.1) is 0 Å². The number of hydrogen-bond donors (Lipinski definition) is 0. The number of esters is 1. The van der Waals surface area contributed by atoms with Crippen molar-refractivity contribution < 1.29 is 14.3 Å². The van der Waals surface area contributed by atoms with Gasteiger partial charge in [0.25, 0.3) is 0 Å². The van der Waals surface area contributed by atoms with Crippen LogP contribution in [-0.4, -0.2) is 25.8 Å². The van der Waals surface area contributed by atoms with Crippen molar-refractivity contribution in [3.05, 3.63) is 11.6 Å². The number of carbonyl (C=O) groups excluding carboxylic acids is 1. The molecule has 0 aromatic heterocycles. The summed E-state index contributed by atoms with van der Waals surface area (Å²) in [6.45, 7) is 8.23. The zero-order chi connectivity index (χ0) is 11.1. The van der Waals surface area contributed by atoms with Crippen molar-refractivity contribution in [3.63, 3.8) is 0 Å². The molecule has 15 heavy (non-hydrogen) atoms. The first-order chi connectivity index (χ1) is 7.09. The first kappa shape index (κ1) is 10.7. The van der Waals surface area contributed by atoms with Gasteiger partial charge in [-0.3, -0.25) is 0 Å². The fourth-order valence-corrected chi connectivity index (χ4v) is 2.72. The summed E-state index contributed by atoms with van der Waals surface area (Å²) in [6.07, 6.45) is 1.66. The van der Waals surface area contributed by atoms with Crippen LogP contribution in [0.1, 0.15) is 20.8 Å². The van der Waals surface area contributed by atoms with Gasteiger partial charge < -0.3 is 9.47 Å². The minimum atomic E-state index is -0.215. The van der Waals surface area contributed by atoms with Crippen molar-refractivity contribution >= 4 is 5.97 Å². The van der Waals surface area contributed by atoms with Crippen LogP contribution in [-0.2, 0) is 14.3 Å². The van der Waals surface area contributed by atoms with E-state index in [0.29, 0.717) is 18.4 Å². The summed E-state index contributed by atoms with van der Waals surface area (Å²) in [5.74, 6) is 0.652. The SMILES string of the molecule is CCOC(=O)/C=C1/[C@H]2COC[C@@]2(C)[C@H]1C. The number of fused-ring (bicyclic) bond motifs is 1. The molecular formula is C12H18O3. The van der Waals surface area contributed by atoms with Gasteiger partial charge in [0, 0.05) is 17.4 Å². The molecule has 2 fully saturated rings. The van der Waals surface area contributed by atoms with Crippen LogP contribution < -0.4 is 0 Å². The van der Waals surface area contributed by atoms with Gasteiger partial charge in [0.05, 0.1) is 19.8 Å². The van der Waals surface area contributed by atoms with Crippen LogP contribution in [0.3, 0.4) is 0 Å². The molecule has 1 saturated heterocycles. The summed E-state index contributed by atoms with van der Waals surface area (Å²) in [4.78, 5) is 11.3. The summed E-state index contributed by atoms with van der Waals surface area (Å²) in [5.41, 5.74) is 1.45. The maximum absolute atomic E-state index is 11.3. The highest BCUT2D eigenvalue weighted by atomic mass is 16.5. The monoisotopic (exact) mass is 210 g/mol. The molecule has 1 heterocycles. The third-order valence-electron chi connectivity index (χ3n) is 3.96. The zero-order valence-corrected chi connectivity index (χ0v) is 9.58. The first-order valence-electron chi connectivity index (χ1n) is 5.55. The number of hydrogen-bond acceptors (Lipinski definition) is 3. The lowest BCUT2D eigenvalue weighted by Gasteiger charge is -2.49. The Hall–Kier alpha value is -0.830. The molecule has 0 spiro atoms. The van der Waals surface area contributed by atoms with E-state index in [1.807, 2.05) is 6.92 Å². The van der Waals surface area contributed by atoms with Gasteiger partial charge in [-0.05, 0) is 12.8 Å². The molecule has 84 valence electrons. The highest BCUT2D eigenvalue weighted by Gasteiger charge is 2.56. The molecule has 1 saturated carbocycles. The lowest BCUT2D eigenvalue weighted by Crippen LogP contribution is -2.47. The van der Waals surface area contributed by atoms with E-state index in [4.69, 9.17) is 9.47 Å². The first-order valence-corrected chi connectivity index (χ1v) is 5.55. The third-order valence-corrected chi connectivity index (χ3v) is 3.96. The summed E-state index contributed by atoms with van der Waals surface area (Å²) < 4.78 is 10.4. The summed E-state index contributed by atoms with van der Waals surface area (Å²) >= 11 is 0. The normalized spacial score (nSPS) is 41.1. The molecule has 0 aromatic carbocycles. The summed E-state index contributed by atoms with van der Waals surface area (Å²) in [5, 5.41) is 0. The minimum Gasteiger partial charge on any atom is -0.463 e. The molecule has 0 N–H and O–H groups in total. The molecule has 1 aliphatic carbocycles. The van der Waals surface area contributed by atoms with Crippen molar-refractivity contribution in [2.75, 3.05) is 19.8 Å². The van der Waals surface area contributed by atoms with Crippen molar-refractivity contribution in [2.45, 2.75) is 20.8 Å². The van der Waals surface area contributed by atoms with Crippen LogP contribution in [0.15, 0.2) is 11.6 Å². The quantitative estimate of drug-likeness (QED) is 0.515. The van der Waals surface area contributed by atoms with Crippen molar-refractivity contribution in [2.24, 2.45) is 17.3 Å². The predicted molar refractivity (Wildman–Crippen MR) is 56.3 cm³/mol. The number of ether oxygens (including phenoxy) is 2. The molecule has 0 radical (unpaired) electrons. The zero-order valence-electron chi connectivity index (χ0n) is 9.58. The lowest BCUT2D eigenvalue weighted by molar-refractivity contribution is -0.137. The van der Waals surface area contributed by atoms with Crippen LogP contribution in [0.5, 0.6) is 0 Å². The largest absolute Gasteiger partial charge is 0.463 e. The molecule has 3 nitrogen and oxygen atoms in total. The van der Waals surface area contributed by atoms with Gasteiger partial charge >= 0.3 is 5.97 Å². The Balaban J connectivity index is 2.10. The molecule has 0 bridgehead atoms. The van der Waals surface area contributed by atoms with Crippen molar-refractivity contribution in [3.8, 4) is 0 Å². The van der Waals surface area contributed by atoms with Crippen molar-refractivity contribution in [1.82, 2.24) is 0 Å². The second-order valence-corrected chi connectivity index (χ2v) is 4.69. The number of carbonyl (C=O) groups is 1. The Labute approximate surface area is 90.4 Å². The molecule has 0 unspecified atom stereocenters. The van der Waals surface area contributed by atoms with Gasteiger partial charge in [0.2, 0.25) is 0 Å². The van der Waals surface area contributed by atoms with Gasteiger partial charge in [0.1, 0.15) is 0 Å². The van der Waals surface area contributed by atoms with Gasteiger partial charge in [-0.25, -0.2) is 4.79 Å². The Kier molecular flexibility index (Phi) is 2.59. The van der Waals surface area contributed by atoms with Crippen LogP contribution in [0.2, 0.25) is 0 Å². The Bertz CT molecular complexity index is 308. The molecule has 2 rings (SSSR count). The van der Waals surface area contributed by atoms with E-state index in [-0.39, 0.29) is 11.4 Å². The van der Waals surface area contributed by atoms with Gasteiger partial charge in [-0.1, -0.05) is 19.4 Å². The maximum Gasteiger partial charge on any atom is 0.330 e. The lowest BCUT2D eigenvalue weighted by atomic mass is 9.53. The molecule has 3 atom stereocenters. The third kappa shape index (κ3) is 1.49. The van der Waals surface area contributed by atoms with E-state index in [9.17, 15) is 4.79 Å². The standard InChI is InChI=1S/C12H18O3/c1-4-15-11(13)5-9-8(2)12(3)7-14-6-10(9)12/h5,8,10H,4,6-7H2,1-3H3/b9-5+/t8-,10+,12-/m0/s1. The summed E-state index contributed by atoms with van der Waals surface area (Å²) in [6, 6.07) is 0. The van der Waals surface area contributed by atoms with E-state index >= 15 is 0 Å². The van der Waals surface area contributed by atoms with Crippen LogP contribution in [0, 0.1) is 17.3 Å².